The van der Waals surface area contributed by atoms with Gasteiger partial charge < -0.3 is 35.6 Å². The largest absolute Gasteiger partial charge is 0.379 e. The Morgan fingerprint density at radius 1 is 0.875 bits per heavy atom. The zero-order valence-corrected chi connectivity index (χ0v) is 40.4. The summed E-state index contributed by atoms with van der Waals surface area (Å²) in [5.74, 6) is -2.84. The molecule has 1 heterocycles. The van der Waals surface area contributed by atoms with Gasteiger partial charge in [-0.25, -0.2) is 13.1 Å². The maximum Gasteiger partial charge on any atom is 0.264 e. The monoisotopic (exact) mass is 912 g/mol. The number of nitrogens with two attached hydrogens (primary N) is 1. The summed E-state index contributed by atoms with van der Waals surface area (Å²) in [6, 6.07) is 10.9. The van der Waals surface area contributed by atoms with Gasteiger partial charge in [0.2, 0.25) is 23.6 Å². The SMILES string of the molecule is C=C(C(=O)N[C@@H](Cc1ccccc1)C(=O)NS(=O)(=O)c1ccc(CN)cc1)[C@@H](OC)[C@@H]1CCCN1C(=O)C[C@@H](OC)[C@H]([C@@H](C)CC)N(C)C(=O)[C@@H](NC(=O)[C@H](C(C)C)N(C)C)C(C)C. The van der Waals surface area contributed by atoms with Crippen LogP contribution in [0, 0.1) is 17.8 Å². The molecule has 3 rings (SSSR count). The van der Waals surface area contributed by atoms with Gasteiger partial charge in [0.1, 0.15) is 18.2 Å². The number of carbonyl (C=O) groups excluding carboxylic acids is 5. The van der Waals surface area contributed by atoms with Crippen LogP contribution in [0.1, 0.15) is 78.4 Å². The number of benzene rings is 2. The number of rotatable bonds is 24. The number of likely N-dealkylation sites (N-methyl/N-ethyl adjacent to an activating group) is 2. The predicted octanol–water partition coefficient (Wildman–Crippen LogP) is 3.25. The number of methoxy groups -OCH3 is 2. The lowest BCUT2D eigenvalue weighted by molar-refractivity contribution is -0.147. The average Bonchev–Trinajstić information content (AvgIpc) is 3.74. The average molecular weight is 912 g/mol. The summed E-state index contributed by atoms with van der Waals surface area (Å²) in [6.07, 6.45) is -0.0764. The highest BCUT2D eigenvalue weighted by atomic mass is 32.2. The molecule has 0 spiro atoms. The molecule has 8 atom stereocenters. The third-order valence-electron chi connectivity index (χ3n) is 12.2. The van der Waals surface area contributed by atoms with E-state index in [1.54, 1.807) is 59.3 Å². The van der Waals surface area contributed by atoms with Gasteiger partial charge in [-0.1, -0.05) is 97.0 Å². The summed E-state index contributed by atoms with van der Waals surface area (Å²) < 4.78 is 40.5. The number of ether oxygens (including phenoxy) is 2. The van der Waals surface area contributed by atoms with Crippen molar-refractivity contribution in [1.82, 2.24) is 30.1 Å². The summed E-state index contributed by atoms with van der Waals surface area (Å²) in [5.41, 5.74) is 6.98. The van der Waals surface area contributed by atoms with Crippen LogP contribution in [0.4, 0.5) is 0 Å². The summed E-state index contributed by atoms with van der Waals surface area (Å²) >= 11 is 0. The molecule has 1 saturated heterocycles. The van der Waals surface area contributed by atoms with Crippen molar-refractivity contribution in [2.24, 2.45) is 23.5 Å². The summed E-state index contributed by atoms with van der Waals surface area (Å²) in [6.45, 7) is 16.3. The van der Waals surface area contributed by atoms with Gasteiger partial charge >= 0.3 is 0 Å². The fourth-order valence-electron chi connectivity index (χ4n) is 8.58. The summed E-state index contributed by atoms with van der Waals surface area (Å²) in [5, 5.41) is 5.70. The maximum absolute atomic E-state index is 14.4. The number of nitrogens with one attached hydrogen (secondary N) is 3. The molecule has 5 N–H and O–H groups in total. The highest BCUT2D eigenvalue weighted by Crippen LogP contribution is 2.29. The molecule has 17 heteroatoms. The molecule has 0 saturated carbocycles. The lowest BCUT2D eigenvalue weighted by atomic mass is 9.89. The number of nitrogens with zero attached hydrogens (tertiary/aromatic N) is 3. The normalized spacial score (nSPS) is 17.5. The van der Waals surface area contributed by atoms with Crippen LogP contribution in [-0.4, -0.2) is 137 Å². The molecule has 356 valence electrons. The predicted molar refractivity (Wildman–Crippen MR) is 247 cm³/mol. The van der Waals surface area contributed by atoms with Crippen LogP contribution < -0.4 is 21.1 Å². The van der Waals surface area contributed by atoms with Crippen molar-refractivity contribution in [2.45, 2.75) is 128 Å². The number of carbonyl (C=O) groups is 5. The second kappa shape index (κ2) is 24.6. The molecule has 1 aliphatic rings. The first-order chi connectivity index (χ1) is 30.1. The van der Waals surface area contributed by atoms with E-state index in [2.05, 4.69) is 21.9 Å². The Morgan fingerprint density at radius 2 is 1.50 bits per heavy atom. The lowest BCUT2D eigenvalue weighted by Crippen LogP contribution is -2.59. The van der Waals surface area contributed by atoms with Crippen LogP contribution in [0.25, 0.3) is 0 Å². The standard InChI is InChI=1S/C47H73N7O9S/c1-13-31(6)42(53(10)47(59)40(29(2)3)50-46(58)41(30(4)5)52(8)9)38(62-11)27-39(55)54-25-17-20-37(54)43(63-12)32(7)44(56)49-36(26-33-18-15-14-16-19-33)45(57)51-64(60,61)35-23-21-34(28-48)22-24-35/h14-16,18-19,21-24,29-31,36-38,40-43H,7,13,17,20,25-28,48H2,1-6,8-12H3,(H,49,56)(H,50,58)(H,51,57)/t31-,36-,37-,38+,40-,41-,42-,43+/m0/s1. The zero-order valence-electron chi connectivity index (χ0n) is 39.6. The van der Waals surface area contributed by atoms with Crippen LogP contribution in [0.2, 0.25) is 0 Å². The number of likely N-dealkylation sites (tertiary alicyclic amines) is 1. The second-order valence-corrected chi connectivity index (χ2v) is 19.4. The summed E-state index contributed by atoms with van der Waals surface area (Å²) in [4.78, 5) is 74.8. The highest BCUT2D eigenvalue weighted by Gasteiger charge is 2.43. The van der Waals surface area contributed by atoms with Gasteiger partial charge in [-0.15, -0.1) is 0 Å². The van der Waals surface area contributed by atoms with E-state index < -0.39 is 64.3 Å². The minimum absolute atomic E-state index is 0.00628. The van der Waals surface area contributed by atoms with Crippen LogP contribution in [-0.2, 0) is 56.4 Å². The second-order valence-electron chi connectivity index (χ2n) is 17.7. The third kappa shape index (κ3) is 13.9. The van der Waals surface area contributed by atoms with E-state index in [9.17, 15) is 32.4 Å². The van der Waals surface area contributed by atoms with Crippen molar-refractivity contribution in [1.29, 1.82) is 0 Å². The topological polar surface area (TPSA) is 210 Å². The van der Waals surface area contributed by atoms with Crippen molar-refractivity contribution in [3.8, 4) is 0 Å². The van der Waals surface area contributed by atoms with Gasteiger partial charge in [0.25, 0.3) is 15.9 Å². The molecule has 0 aromatic heterocycles. The van der Waals surface area contributed by atoms with E-state index in [0.717, 1.165) is 0 Å². The molecule has 0 radical (unpaired) electrons. The summed E-state index contributed by atoms with van der Waals surface area (Å²) in [7, 11) is 3.94. The van der Waals surface area contributed by atoms with Crippen molar-refractivity contribution in [3.05, 3.63) is 77.9 Å². The van der Waals surface area contributed by atoms with Crippen molar-refractivity contribution >= 4 is 39.6 Å². The van der Waals surface area contributed by atoms with E-state index in [4.69, 9.17) is 15.2 Å². The van der Waals surface area contributed by atoms with Gasteiger partial charge in [0.15, 0.2) is 0 Å². The van der Waals surface area contributed by atoms with Gasteiger partial charge in [0, 0.05) is 46.4 Å². The van der Waals surface area contributed by atoms with E-state index >= 15 is 0 Å². The zero-order chi connectivity index (χ0) is 48.1. The fourth-order valence-corrected chi connectivity index (χ4v) is 9.60. The number of sulfonamides is 1. The first-order valence-electron chi connectivity index (χ1n) is 22.1. The Balaban J connectivity index is 1.84. The Labute approximate surface area is 381 Å². The molecule has 0 unspecified atom stereocenters. The first kappa shape index (κ1) is 53.7. The van der Waals surface area contributed by atoms with Crippen LogP contribution in [0.15, 0.2) is 71.6 Å². The Bertz CT molecular complexity index is 1990. The Kier molecular flexibility index (Phi) is 20.6. The van der Waals surface area contributed by atoms with Crippen LogP contribution >= 0.6 is 0 Å². The molecule has 64 heavy (non-hydrogen) atoms. The van der Waals surface area contributed by atoms with Crippen molar-refractivity contribution in [3.63, 3.8) is 0 Å². The van der Waals surface area contributed by atoms with Gasteiger partial charge in [0.05, 0.1) is 35.5 Å². The molecule has 2 aromatic rings. The fraction of sp³-hybridized carbons (Fsp3) is 0.596. The van der Waals surface area contributed by atoms with Crippen molar-refractivity contribution in [2.75, 3.05) is 41.9 Å². The van der Waals surface area contributed by atoms with E-state index in [0.29, 0.717) is 36.9 Å². The number of hydrogen-bond donors (Lipinski definition) is 4. The number of hydrogen-bond acceptors (Lipinski definition) is 11. The molecular formula is C47H73N7O9S. The van der Waals surface area contributed by atoms with E-state index in [1.807, 2.05) is 60.5 Å². The molecular weight excluding hydrogens is 839 g/mol. The quantitative estimate of drug-likeness (QED) is 0.112. The molecule has 16 nitrogen and oxygen atoms in total. The Morgan fingerprint density at radius 3 is 2.02 bits per heavy atom. The first-order valence-corrected chi connectivity index (χ1v) is 23.6. The maximum atomic E-state index is 14.4. The van der Waals surface area contributed by atoms with Gasteiger partial charge in [-0.3, -0.25) is 28.9 Å². The lowest BCUT2D eigenvalue weighted by Gasteiger charge is -2.41. The smallest absolute Gasteiger partial charge is 0.264 e. The van der Waals surface area contributed by atoms with E-state index in [1.165, 1.54) is 26.4 Å². The molecule has 0 bridgehead atoms. The molecule has 5 amide bonds. The molecule has 2 aromatic carbocycles. The van der Waals surface area contributed by atoms with Gasteiger partial charge in [-0.2, -0.15) is 0 Å². The van der Waals surface area contributed by atoms with E-state index in [-0.39, 0.29) is 65.3 Å². The third-order valence-corrected chi connectivity index (χ3v) is 13.6. The highest BCUT2D eigenvalue weighted by molar-refractivity contribution is 7.90. The van der Waals surface area contributed by atoms with Crippen molar-refractivity contribution < 1.29 is 41.9 Å². The minimum atomic E-state index is -4.32. The molecule has 1 fully saturated rings. The Hall–Kier alpha value is -4.68. The van der Waals surface area contributed by atoms with Crippen LogP contribution in [0.3, 0.4) is 0 Å². The van der Waals surface area contributed by atoms with Crippen LogP contribution in [0.5, 0.6) is 0 Å². The molecule has 0 aliphatic carbocycles. The number of amides is 5. The minimum Gasteiger partial charge on any atom is -0.379 e. The molecule has 1 aliphatic heterocycles. The van der Waals surface area contributed by atoms with Gasteiger partial charge in [-0.05, 0) is 68.0 Å².